The smallest absolute Gasteiger partial charge is 0.319 e. The van der Waals surface area contributed by atoms with Crippen molar-refractivity contribution in [3.8, 4) is 0 Å². The summed E-state index contributed by atoms with van der Waals surface area (Å²) < 4.78 is 24.6. The third-order valence-corrected chi connectivity index (χ3v) is 7.30. The van der Waals surface area contributed by atoms with Crippen LogP contribution in [0.2, 0.25) is 0 Å². The minimum absolute atomic E-state index is 0.0338. The first-order valence-corrected chi connectivity index (χ1v) is 13.7. The molecule has 0 radical (unpaired) electrons. The molecule has 1 saturated heterocycles. The molecule has 4 N–H and O–H groups in total. The zero-order valence-electron chi connectivity index (χ0n) is 20.8. The predicted octanol–water partition coefficient (Wildman–Crippen LogP) is 1.69. The highest BCUT2D eigenvalue weighted by molar-refractivity contribution is 7.90. The number of fused-ring (bicyclic) bond motifs is 1. The van der Waals surface area contributed by atoms with Crippen molar-refractivity contribution in [1.82, 2.24) is 20.6 Å². The van der Waals surface area contributed by atoms with Crippen LogP contribution in [0.1, 0.15) is 26.7 Å². The van der Waals surface area contributed by atoms with Crippen molar-refractivity contribution in [2.24, 2.45) is 0 Å². The molecule has 36 heavy (non-hydrogen) atoms. The fourth-order valence-electron chi connectivity index (χ4n) is 4.17. The van der Waals surface area contributed by atoms with Gasteiger partial charge in [0, 0.05) is 43.3 Å². The Morgan fingerprint density at radius 1 is 1.25 bits per heavy atom. The molecule has 12 nitrogen and oxygen atoms in total. The summed E-state index contributed by atoms with van der Waals surface area (Å²) in [6.45, 7) is 5.55. The highest BCUT2D eigenvalue weighted by atomic mass is 32.2. The number of carbonyl (C=O) groups excluding carboxylic acids is 2. The number of sulfone groups is 1. The van der Waals surface area contributed by atoms with Crippen molar-refractivity contribution < 1.29 is 18.0 Å². The van der Waals surface area contributed by atoms with Crippen molar-refractivity contribution in [3.05, 3.63) is 24.4 Å². The van der Waals surface area contributed by atoms with E-state index in [1.165, 1.54) is 17.0 Å². The van der Waals surface area contributed by atoms with E-state index in [9.17, 15) is 18.0 Å². The second-order valence-corrected chi connectivity index (χ2v) is 11.4. The summed E-state index contributed by atoms with van der Waals surface area (Å²) in [4.78, 5) is 37.1. The van der Waals surface area contributed by atoms with Crippen LogP contribution in [0.3, 0.4) is 0 Å². The highest BCUT2D eigenvalue weighted by Crippen LogP contribution is 2.33. The van der Waals surface area contributed by atoms with E-state index in [1.54, 1.807) is 19.3 Å². The van der Waals surface area contributed by atoms with Crippen LogP contribution in [0, 0.1) is 0 Å². The molecule has 4 rings (SSSR count). The van der Waals surface area contributed by atoms with E-state index in [1.807, 2.05) is 18.7 Å². The van der Waals surface area contributed by atoms with E-state index in [-0.39, 0.29) is 35.4 Å². The molecule has 0 saturated carbocycles. The lowest BCUT2D eigenvalue weighted by atomic mass is 10.2. The number of urea groups is 1. The molecule has 0 aliphatic carbocycles. The molecular weight excluding hydrogens is 484 g/mol. The minimum Gasteiger partial charge on any atom is -0.343 e. The first-order valence-electron chi connectivity index (χ1n) is 11.8. The van der Waals surface area contributed by atoms with Gasteiger partial charge in [0.05, 0.1) is 17.6 Å². The molecular formula is C23H32N8O4S. The predicted molar refractivity (Wildman–Crippen MR) is 139 cm³/mol. The number of amides is 3. The second kappa shape index (κ2) is 10.3. The lowest BCUT2D eigenvalue weighted by Gasteiger charge is -2.36. The zero-order valence-corrected chi connectivity index (χ0v) is 21.6. The molecule has 0 bridgehead atoms. The number of hydrogen-bond acceptors (Lipinski definition) is 9. The number of likely N-dealkylation sites (N-methyl/N-ethyl adjacent to an activating group) is 1. The van der Waals surface area contributed by atoms with Crippen molar-refractivity contribution in [2.75, 3.05) is 53.4 Å². The SMILES string of the molecule is CC(C)N1CC(=O)N(C)c2cnc(Nc3cc(NC(=O)NCC4CCCN4)cc(S(C)(=O)=O)c3)nc21. The average Bonchev–Trinajstić information content (AvgIpc) is 3.33. The number of benzene rings is 1. The Kier molecular flexibility index (Phi) is 7.31. The molecule has 1 aromatic heterocycles. The number of carbonyl (C=O) groups is 2. The Morgan fingerprint density at radius 2 is 2.00 bits per heavy atom. The quantitative estimate of drug-likeness (QED) is 0.431. The lowest BCUT2D eigenvalue weighted by Crippen LogP contribution is -2.47. The number of anilines is 5. The standard InChI is InChI=1S/C23H32N8O4S/c1-14(2)31-13-20(32)30(3)19-12-25-22(29-21(19)31)27-16-8-17(10-18(9-16)36(4,34)35)28-23(33)26-11-15-6-5-7-24-15/h8-10,12,14-15,24H,5-7,11,13H2,1-4H3,(H,25,27,29)(H2,26,28,33). The van der Waals surface area contributed by atoms with Gasteiger partial charge in [-0.1, -0.05) is 0 Å². The number of aromatic nitrogens is 2. The molecule has 1 fully saturated rings. The van der Waals surface area contributed by atoms with E-state index in [2.05, 4.69) is 31.2 Å². The van der Waals surface area contributed by atoms with Crippen LogP contribution < -0.4 is 31.1 Å². The van der Waals surface area contributed by atoms with Gasteiger partial charge < -0.3 is 31.1 Å². The van der Waals surface area contributed by atoms with Gasteiger partial charge in [0.2, 0.25) is 11.9 Å². The monoisotopic (exact) mass is 516 g/mol. The molecule has 3 heterocycles. The summed E-state index contributed by atoms with van der Waals surface area (Å²) in [6.07, 6.45) is 4.73. The van der Waals surface area contributed by atoms with Gasteiger partial charge >= 0.3 is 6.03 Å². The molecule has 1 atom stereocenters. The zero-order chi connectivity index (χ0) is 26.0. The number of hydrogen-bond donors (Lipinski definition) is 4. The van der Waals surface area contributed by atoms with E-state index in [0.29, 0.717) is 29.4 Å². The van der Waals surface area contributed by atoms with E-state index < -0.39 is 15.9 Å². The maximum atomic E-state index is 12.4. The fraction of sp³-hybridized carbons (Fsp3) is 0.478. The third-order valence-electron chi connectivity index (χ3n) is 6.21. The first kappa shape index (κ1) is 25.6. The highest BCUT2D eigenvalue weighted by Gasteiger charge is 2.30. The molecule has 1 aromatic carbocycles. The van der Waals surface area contributed by atoms with Crippen LogP contribution in [0.25, 0.3) is 0 Å². The van der Waals surface area contributed by atoms with Crippen LogP contribution in [-0.2, 0) is 14.6 Å². The minimum atomic E-state index is -3.56. The fourth-order valence-corrected chi connectivity index (χ4v) is 4.85. The van der Waals surface area contributed by atoms with Crippen LogP contribution in [0.15, 0.2) is 29.3 Å². The van der Waals surface area contributed by atoms with Gasteiger partial charge in [0.1, 0.15) is 5.69 Å². The summed E-state index contributed by atoms with van der Waals surface area (Å²) in [5.41, 5.74) is 1.29. The number of rotatable bonds is 7. The summed E-state index contributed by atoms with van der Waals surface area (Å²) in [7, 11) is -1.89. The Hall–Kier alpha value is -3.45. The molecule has 0 spiro atoms. The molecule has 2 aliphatic rings. The average molecular weight is 517 g/mol. The van der Waals surface area contributed by atoms with Crippen molar-refractivity contribution >= 4 is 50.6 Å². The summed E-state index contributed by atoms with van der Waals surface area (Å²) >= 11 is 0. The Morgan fingerprint density at radius 3 is 2.67 bits per heavy atom. The normalized spacial score (nSPS) is 17.8. The maximum absolute atomic E-state index is 12.4. The van der Waals surface area contributed by atoms with Gasteiger partial charge in [-0.05, 0) is 51.4 Å². The summed E-state index contributed by atoms with van der Waals surface area (Å²) in [5.74, 6) is 0.775. The molecule has 1 unspecified atom stereocenters. The second-order valence-electron chi connectivity index (χ2n) is 9.35. The topological polar surface area (TPSA) is 149 Å². The van der Waals surface area contributed by atoms with E-state index in [4.69, 9.17) is 0 Å². The van der Waals surface area contributed by atoms with E-state index >= 15 is 0 Å². The van der Waals surface area contributed by atoms with Gasteiger partial charge in [-0.3, -0.25) is 4.79 Å². The summed E-state index contributed by atoms with van der Waals surface area (Å²) in [6, 6.07) is 4.32. The van der Waals surface area contributed by atoms with Crippen molar-refractivity contribution in [2.45, 2.75) is 43.7 Å². The van der Waals surface area contributed by atoms with Crippen molar-refractivity contribution in [3.63, 3.8) is 0 Å². The van der Waals surface area contributed by atoms with Crippen LogP contribution >= 0.6 is 0 Å². The number of nitrogens with one attached hydrogen (secondary N) is 4. The van der Waals surface area contributed by atoms with Crippen LogP contribution in [0.5, 0.6) is 0 Å². The van der Waals surface area contributed by atoms with Gasteiger partial charge in [-0.25, -0.2) is 18.2 Å². The lowest BCUT2D eigenvalue weighted by molar-refractivity contribution is -0.117. The van der Waals surface area contributed by atoms with Gasteiger partial charge in [0.15, 0.2) is 15.7 Å². The Labute approximate surface area is 210 Å². The van der Waals surface area contributed by atoms with Gasteiger partial charge in [-0.2, -0.15) is 4.98 Å². The Balaban J connectivity index is 1.58. The van der Waals surface area contributed by atoms with Crippen molar-refractivity contribution in [1.29, 1.82) is 0 Å². The number of nitrogens with zero attached hydrogens (tertiary/aromatic N) is 4. The van der Waals surface area contributed by atoms with Gasteiger partial charge in [0.25, 0.3) is 0 Å². The molecule has 2 aromatic rings. The van der Waals surface area contributed by atoms with Gasteiger partial charge in [-0.15, -0.1) is 0 Å². The molecule has 13 heteroatoms. The Bertz CT molecular complexity index is 1260. The molecule has 194 valence electrons. The molecule has 3 amide bonds. The van der Waals surface area contributed by atoms with E-state index in [0.717, 1.165) is 25.6 Å². The summed E-state index contributed by atoms with van der Waals surface area (Å²) in [5, 5.41) is 11.9. The largest absolute Gasteiger partial charge is 0.343 e. The molecule has 2 aliphatic heterocycles. The van der Waals surface area contributed by atoms with Crippen LogP contribution in [-0.4, -0.2) is 75.3 Å². The first-order chi connectivity index (χ1) is 17.0. The third kappa shape index (κ3) is 5.85. The van der Waals surface area contributed by atoms with Crippen LogP contribution in [0.4, 0.5) is 33.6 Å². The maximum Gasteiger partial charge on any atom is 0.319 e.